The molecule has 2 aromatic carbocycles. The van der Waals surface area contributed by atoms with Crippen LogP contribution < -0.4 is 5.32 Å². The molecule has 6 heteroatoms. The lowest BCUT2D eigenvalue weighted by molar-refractivity contribution is -0.116. The Morgan fingerprint density at radius 2 is 1.69 bits per heavy atom. The van der Waals surface area contributed by atoms with Gasteiger partial charge in [-0.2, -0.15) is 0 Å². The van der Waals surface area contributed by atoms with Gasteiger partial charge in [-0.3, -0.25) is 10.1 Å². The molecule has 0 bridgehead atoms. The Morgan fingerprint density at radius 3 is 2.27 bits per heavy atom. The minimum atomic E-state index is -0.396. The molecule has 0 radical (unpaired) electrons. The van der Waals surface area contributed by atoms with Gasteiger partial charge in [0, 0.05) is 6.61 Å². The van der Waals surface area contributed by atoms with E-state index in [1.54, 1.807) is 0 Å². The standard InChI is InChI=1S/C20H19N3O2S/c24-18(21-20-23-22-19(26-20)16-12-7-13-25-16)17(14-8-3-1-4-9-14)15-10-5-2-6-11-15/h1-6,8-11,16-17H,7,12-13H2,(H,21,23,24). The van der Waals surface area contributed by atoms with Crippen molar-refractivity contribution < 1.29 is 9.53 Å². The van der Waals surface area contributed by atoms with Crippen LogP contribution in [0.1, 0.15) is 41.0 Å². The first kappa shape index (κ1) is 16.9. The molecule has 1 amide bonds. The molecule has 1 fully saturated rings. The number of ether oxygens (including phenoxy) is 1. The van der Waals surface area contributed by atoms with E-state index < -0.39 is 5.92 Å². The molecule has 0 spiro atoms. The fraction of sp³-hybridized carbons (Fsp3) is 0.250. The molecule has 1 unspecified atom stereocenters. The van der Waals surface area contributed by atoms with E-state index in [-0.39, 0.29) is 12.0 Å². The topological polar surface area (TPSA) is 64.1 Å². The largest absolute Gasteiger partial charge is 0.371 e. The van der Waals surface area contributed by atoms with Gasteiger partial charge in [0.05, 0.1) is 5.92 Å². The van der Waals surface area contributed by atoms with Gasteiger partial charge in [0.25, 0.3) is 0 Å². The number of carbonyl (C=O) groups excluding carboxylic acids is 1. The molecule has 5 nitrogen and oxygen atoms in total. The number of nitrogens with one attached hydrogen (secondary N) is 1. The molecule has 1 aliphatic heterocycles. The number of aromatic nitrogens is 2. The Morgan fingerprint density at radius 1 is 1.04 bits per heavy atom. The van der Waals surface area contributed by atoms with Crippen LogP contribution in [0.15, 0.2) is 60.7 Å². The lowest BCUT2D eigenvalue weighted by atomic mass is 9.90. The third kappa shape index (κ3) is 3.66. The van der Waals surface area contributed by atoms with Crippen molar-refractivity contribution >= 4 is 22.4 Å². The van der Waals surface area contributed by atoms with Crippen molar-refractivity contribution in [2.45, 2.75) is 24.9 Å². The van der Waals surface area contributed by atoms with Crippen molar-refractivity contribution in [1.82, 2.24) is 10.2 Å². The Balaban J connectivity index is 1.57. The van der Waals surface area contributed by atoms with Gasteiger partial charge >= 0.3 is 0 Å². The highest BCUT2D eigenvalue weighted by Crippen LogP contribution is 2.33. The van der Waals surface area contributed by atoms with Gasteiger partial charge in [-0.15, -0.1) is 10.2 Å². The molecule has 1 N–H and O–H groups in total. The van der Waals surface area contributed by atoms with Crippen LogP contribution in [0.25, 0.3) is 0 Å². The zero-order chi connectivity index (χ0) is 17.8. The van der Waals surface area contributed by atoms with Gasteiger partial charge in [-0.05, 0) is 24.0 Å². The second-order valence-corrected chi connectivity index (χ2v) is 7.20. The summed E-state index contributed by atoms with van der Waals surface area (Å²) >= 11 is 1.39. The average molecular weight is 365 g/mol. The summed E-state index contributed by atoms with van der Waals surface area (Å²) in [6.07, 6.45) is 2.01. The Hall–Kier alpha value is -2.57. The van der Waals surface area contributed by atoms with Crippen molar-refractivity contribution in [2.24, 2.45) is 0 Å². The first-order valence-electron chi connectivity index (χ1n) is 8.67. The van der Waals surface area contributed by atoms with Crippen LogP contribution in [-0.2, 0) is 9.53 Å². The predicted molar refractivity (Wildman–Crippen MR) is 101 cm³/mol. The molecule has 1 atom stereocenters. The van der Waals surface area contributed by atoms with Gasteiger partial charge < -0.3 is 4.74 Å². The fourth-order valence-corrected chi connectivity index (χ4v) is 3.98. The lowest BCUT2D eigenvalue weighted by Gasteiger charge is -2.16. The van der Waals surface area contributed by atoms with Crippen LogP contribution in [0.5, 0.6) is 0 Å². The van der Waals surface area contributed by atoms with Crippen molar-refractivity contribution in [3.05, 3.63) is 76.8 Å². The van der Waals surface area contributed by atoms with Gasteiger partial charge in [-0.1, -0.05) is 72.0 Å². The first-order valence-corrected chi connectivity index (χ1v) is 9.48. The predicted octanol–water partition coefficient (Wildman–Crippen LogP) is 4.16. The number of rotatable bonds is 5. The zero-order valence-corrected chi connectivity index (χ0v) is 15.0. The van der Waals surface area contributed by atoms with E-state index >= 15 is 0 Å². The van der Waals surface area contributed by atoms with Crippen molar-refractivity contribution in [3.63, 3.8) is 0 Å². The highest BCUT2D eigenvalue weighted by Gasteiger charge is 2.25. The quantitative estimate of drug-likeness (QED) is 0.737. The number of carbonyl (C=O) groups is 1. The maximum atomic E-state index is 13.0. The highest BCUT2D eigenvalue weighted by atomic mass is 32.1. The third-order valence-electron chi connectivity index (χ3n) is 4.40. The molecule has 26 heavy (non-hydrogen) atoms. The minimum Gasteiger partial charge on any atom is -0.371 e. The van der Waals surface area contributed by atoms with Crippen molar-refractivity contribution in [1.29, 1.82) is 0 Å². The molecule has 3 aromatic rings. The smallest absolute Gasteiger partial charge is 0.238 e. The molecule has 1 aliphatic rings. The summed E-state index contributed by atoms with van der Waals surface area (Å²) in [5.74, 6) is -0.509. The molecule has 0 aliphatic carbocycles. The van der Waals surface area contributed by atoms with Crippen LogP contribution >= 0.6 is 11.3 Å². The molecule has 1 saturated heterocycles. The summed E-state index contributed by atoms with van der Waals surface area (Å²) in [5.41, 5.74) is 1.89. The molecule has 132 valence electrons. The number of hydrogen-bond acceptors (Lipinski definition) is 5. The third-order valence-corrected chi connectivity index (χ3v) is 5.33. The van der Waals surface area contributed by atoms with Gasteiger partial charge in [0.1, 0.15) is 11.1 Å². The van der Waals surface area contributed by atoms with Gasteiger partial charge in [0.15, 0.2) is 0 Å². The summed E-state index contributed by atoms with van der Waals surface area (Å²) in [6.45, 7) is 0.760. The molecular weight excluding hydrogens is 346 g/mol. The Bertz CT molecular complexity index is 822. The number of anilines is 1. The maximum Gasteiger partial charge on any atom is 0.238 e. The van der Waals surface area contributed by atoms with E-state index in [9.17, 15) is 4.79 Å². The minimum absolute atomic E-state index is 0.0113. The highest BCUT2D eigenvalue weighted by molar-refractivity contribution is 7.15. The van der Waals surface area contributed by atoms with Gasteiger partial charge in [-0.25, -0.2) is 0 Å². The van der Waals surface area contributed by atoms with Crippen LogP contribution in [0.4, 0.5) is 5.13 Å². The average Bonchev–Trinajstić information content (AvgIpc) is 3.35. The van der Waals surface area contributed by atoms with E-state index in [0.29, 0.717) is 5.13 Å². The van der Waals surface area contributed by atoms with Crippen molar-refractivity contribution in [2.75, 3.05) is 11.9 Å². The molecule has 4 rings (SSSR count). The number of nitrogens with zero attached hydrogens (tertiary/aromatic N) is 2. The second kappa shape index (κ2) is 7.76. The first-order chi connectivity index (χ1) is 12.8. The van der Waals surface area contributed by atoms with Crippen LogP contribution in [0, 0.1) is 0 Å². The fourth-order valence-electron chi connectivity index (χ4n) is 3.15. The number of amides is 1. The zero-order valence-electron chi connectivity index (χ0n) is 14.2. The Kier molecular flexibility index (Phi) is 5.04. The maximum absolute atomic E-state index is 13.0. The van der Waals surface area contributed by atoms with E-state index in [2.05, 4.69) is 15.5 Å². The van der Waals surface area contributed by atoms with Crippen molar-refractivity contribution in [3.8, 4) is 0 Å². The van der Waals surface area contributed by atoms with Gasteiger partial charge in [0.2, 0.25) is 11.0 Å². The second-order valence-electron chi connectivity index (χ2n) is 6.19. The lowest BCUT2D eigenvalue weighted by Crippen LogP contribution is -2.22. The van der Waals surface area contributed by atoms with E-state index in [1.165, 1.54) is 11.3 Å². The van der Waals surface area contributed by atoms with E-state index in [0.717, 1.165) is 35.6 Å². The monoisotopic (exact) mass is 365 g/mol. The summed E-state index contributed by atoms with van der Waals surface area (Å²) in [7, 11) is 0. The summed E-state index contributed by atoms with van der Waals surface area (Å²) < 4.78 is 5.64. The molecule has 2 heterocycles. The van der Waals surface area contributed by atoms with Crippen LogP contribution in [-0.4, -0.2) is 22.7 Å². The van der Waals surface area contributed by atoms with Crippen LogP contribution in [0.2, 0.25) is 0 Å². The summed E-state index contributed by atoms with van der Waals surface area (Å²) in [4.78, 5) is 13.0. The molecule has 0 saturated carbocycles. The van der Waals surface area contributed by atoms with E-state index in [4.69, 9.17) is 4.74 Å². The summed E-state index contributed by atoms with van der Waals surface area (Å²) in [5, 5.41) is 12.6. The van der Waals surface area contributed by atoms with Crippen LogP contribution in [0.3, 0.4) is 0 Å². The van der Waals surface area contributed by atoms with E-state index in [1.807, 2.05) is 60.7 Å². The normalized spacial score (nSPS) is 16.7. The number of benzene rings is 2. The number of hydrogen-bond donors (Lipinski definition) is 1. The summed E-state index contributed by atoms with van der Waals surface area (Å²) in [6, 6.07) is 19.5. The SMILES string of the molecule is O=C(Nc1nnc(C2CCCO2)s1)C(c1ccccc1)c1ccccc1. The molecular formula is C20H19N3O2S. The Labute approximate surface area is 156 Å². The molecule has 1 aromatic heterocycles.